The molecule has 10 heteroatoms. The molecule has 48 heavy (non-hydrogen) atoms. The molecule has 7 rings (SSSR count). The average molecular weight is 649 g/mol. The first kappa shape index (κ1) is 31.5. The number of nitrogens with one attached hydrogen (secondary N) is 1. The van der Waals surface area contributed by atoms with E-state index in [9.17, 15) is 14.4 Å². The van der Waals surface area contributed by atoms with Crippen LogP contribution in [0.3, 0.4) is 0 Å². The van der Waals surface area contributed by atoms with Gasteiger partial charge in [0.05, 0.1) is 18.2 Å². The van der Waals surface area contributed by atoms with Crippen LogP contribution in [0.2, 0.25) is 0 Å². The number of benzene rings is 3. The highest BCUT2D eigenvalue weighted by atomic mass is 16.7. The second kappa shape index (κ2) is 13.2. The molecular formula is C38H40N4O6. The van der Waals surface area contributed by atoms with Gasteiger partial charge in [-0.15, -0.1) is 0 Å². The number of nitrogens with zero attached hydrogens (tertiary/aromatic N) is 3. The van der Waals surface area contributed by atoms with Crippen molar-refractivity contribution >= 4 is 17.0 Å². The maximum atomic E-state index is 14.0. The van der Waals surface area contributed by atoms with Crippen molar-refractivity contribution in [1.29, 1.82) is 0 Å². The second-order valence-corrected chi connectivity index (χ2v) is 12.7. The van der Waals surface area contributed by atoms with E-state index in [1.54, 1.807) is 11.9 Å². The fourth-order valence-corrected chi connectivity index (χ4v) is 7.42. The minimum absolute atomic E-state index is 0.151. The van der Waals surface area contributed by atoms with Crippen molar-refractivity contribution < 1.29 is 19.0 Å². The van der Waals surface area contributed by atoms with E-state index in [0.29, 0.717) is 38.0 Å². The van der Waals surface area contributed by atoms with Crippen LogP contribution in [0.4, 0.5) is 4.79 Å². The summed E-state index contributed by atoms with van der Waals surface area (Å²) in [5.41, 5.74) is 4.52. The molecule has 2 aliphatic rings. The summed E-state index contributed by atoms with van der Waals surface area (Å²) in [6.07, 6.45) is 0.554. The lowest BCUT2D eigenvalue weighted by Crippen LogP contribution is -2.49. The first-order valence-corrected chi connectivity index (χ1v) is 16.5. The fourth-order valence-electron chi connectivity index (χ4n) is 7.42. The molecule has 4 heterocycles. The molecule has 3 aromatic carbocycles. The highest BCUT2D eigenvalue weighted by Gasteiger charge is 2.45. The Bertz CT molecular complexity index is 2050. The van der Waals surface area contributed by atoms with Gasteiger partial charge in [0.15, 0.2) is 0 Å². The zero-order valence-electron chi connectivity index (χ0n) is 27.4. The van der Waals surface area contributed by atoms with Crippen LogP contribution < -0.4 is 16.0 Å². The van der Waals surface area contributed by atoms with Crippen LogP contribution in [-0.2, 0) is 43.2 Å². The molecule has 0 saturated carbocycles. The van der Waals surface area contributed by atoms with E-state index in [1.807, 2.05) is 78.9 Å². The fraction of sp³-hybridized carbons (Fsp3) is 0.342. The number of hydrogen-bond donors (Lipinski definition) is 1. The molecule has 4 atom stereocenters. The van der Waals surface area contributed by atoms with Crippen LogP contribution >= 0.6 is 0 Å². The molecule has 0 saturated heterocycles. The van der Waals surface area contributed by atoms with E-state index in [2.05, 4.69) is 18.0 Å². The summed E-state index contributed by atoms with van der Waals surface area (Å²) in [5, 5.41) is 1.12. The van der Waals surface area contributed by atoms with Crippen molar-refractivity contribution in [3.8, 4) is 5.88 Å². The predicted molar refractivity (Wildman–Crippen MR) is 182 cm³/mol. The third-order valence-electron chi connectivity index (χ3n) is 9.91. The molecule has 1 amide bonds. The predicted octanol–water partition coefficient (Wildman–Crippen LogP) is 5.94. The summed E-state index contributed by atoms with van der Waals surface area (Å²) in [5.74, 6) is -0.443. The van der Waals surface area contributed by atoms with Gasteiger partial charge in [-0.1, -0.05) is 85.8 Å². The van der Waals surface area contributed by atoms with Crippen molar-refractivity contribution in [3.63, 3.8) is 0 Å². The van der Waals surface area contributed by atoms with E-state index in [-0.39, 0.29) is 18.4 Å². The molecule has 248 valence electrons. The maximum Gasteiger partial charge on any atom is 0.410 e. The number of hydrogen-bond acceptors (Lipinski definition) is 6. The summed E-state index contributed by atoms with van der Waals surface area (Å²) in [6, 6.07) is 27.2. The van der Waals surface area contributed by atoms with Gasteiger partial charge in [-0.25, -0.2) is 9.59 Å². The third kappa shape index (κ3) is 5.70. The molecule has 0 unspecified atom stereocenters. The smallest absolute Gasteiger partial charge is 0.410 e. The molecular weight excluding hydrogens is 608 g/mol. The van der Waals surface area contributed by atoms with Crippen molar-refractivity contribution in [2.75, 3.05) is 6.54 Å². The number of carbonyl (C=O) groups excluding carboxylic acids is 1. The van der Waals surface area contributed by atoms with Gasteiger partial charge in [0, 0.05) is 49.1 Å². The lowest BCUT2D eigenvalue weighted by Gasteiger charge is -2.42. The zero-order chi connectivity index (χ0) is 33.4. The van der Waals surface area contributed by atoms with E-state index in [0.717, 1.165) is 37.9 Å². The van der Waals surface area contributed by atoms with Crippen molar-refractivity contribution in [1.82, 2.24) is 19.0 Å². The number of carbonyl (C=O) groups is 1. The monoisotopic (exact) mass is 648 g/mol. The normalized spacial score (nSPS) is 20.2. The first-order chi connectivity index (χ1) is 23.4. The van der Waals surface area contributed by atoms with Crippen molar-refractivity contribution in [3.05, 3.63) is 134 Å². The van der Waals surface area contributed by atoms with Gasteiger partial charge in [0.25, 0.3) is 5.56 Å². The Balaban J connectivity index is 1.30. The van der Waals surface area contributed by atoms with Crippen LogP contribution in [0.15, 0.2) is 94.5 Å². The Morgan fingerprint density at radius 1 is 0.896 bits per heavy atom. The highest BCUT2D eigenvalue weighted by molar-refractivity contribution is 5.85. The Morgan fingerprint density at radius 3 is 2.27 bits per heavy atom. The Labute approximate surface area is 278 Å². The summed E-state index contributed by atoms with van der Waals surface area (Å²) < 4.78 is 21.3. The van der Waals surface area contributed by atoms with Gasteiger partial charge in [-0.2, -0.15) is 0 Å². The molecule has 0 bridgehead atoms. The molecule has 0 fully saturated rings. The highest BCUT2D eigenvalue weighted by Crippen LogP contribution is 2.47. The summed E-state index contributed by atoms with van der Waals surface area (Å²) in [7, 11) is 3.10. The van der Waals surface area contributed by atoms with Crippen LogP contribution in [0.5, 0.6) is 5.88 Å². The molecule has 2 aliphatic heterocycles. The van der Waals surface area contributed by atoms with Gasteiger partial charge < -0.3 is 19.2 Å². The molecule has 0 spiro atoms. The molecule has 5 aromatic rings. The number of H-pyrrole nitrogens is 1. The third-order valence-corrected chi connectivity index (χ3v) is 9.91. The number of rotatable bonds is 8. The quantitative estimate of drug-likeness (QED) is 0.223. The van der Waals surface area contributed by atoms with Crippen LogP contribution in [0.1, 0.15) is 59.7 Å². The SMILES string of the molecule is CC[C@H]1[C@@H](OCc2ccccc2)Oc2c(c(=O)n(C)c(=O)n2C)[C@@H]1C[C@H]1c2[nH]c3ccccc3c2CCN1C(=O)OCc1ccccc1. The second-order valence-electron chi connectivity index (χ2n) is 12.7. The van der Waals surface area contributed by atoms with E-state index < -0.39 is 35.6 Å². The number of ether oxygens (including phenoxy) is 3. The van der Waals surface area contributed by atoms with E-state index in [1.165, 1.54) is 11.6 Å². The zero-order valence-corrected chi connectivity index (χ0v) is 27.4. The van der Waals surface area contributed by atoms with Crippen molar-refractivity contribution in [2.45, 2.75) is 57.6 Å². The van der Waals surface area contributed by atoms with Gasteiger partial charge in [-0.05, 0) is 42.0 Å². The average Bonchev–Trinajstić information content (AvgIpc) is 3.51. The number of aromatic nitrogens is 3. The summed E-state index contributed by atoms with van der Waals surface area (Å²) >= 11 is 0. The Morgan fingerprint density at radius 2 is 1.56 bits per heavy atom. The van der Waals surface area contributed by atoms with Crippen LogP contribution in [0.25, 0.3) is 10.9 Å². The summed E-state index contributed by atoms with van der Waals surface area (Å²) in [6.45, 7) is 2.96. The lowest BCUT2D eigenvalue weighted by atomic mass is 9.77. The molecule has 1 N–H and O–H groups in total. The maximum absolute atomic E-state index is 14.0. The summed E-state index contributed by atoms with van der Waals surface area (Å²) in [4.78, 5) is 46.4. The largest absolute Gasteiger partial charge is 0.449 e. The minimum atomic E-state index is -0.727. The van der Waals surface area contributed by atoms with Crippen LogP contribution in [-0.4, -0.2) is 37.9 Å². The number of amides is 1. The number of aromatic amines is 1. The molecule has 2 aromatic heterocycles. The lowest BCUT2D eigenvalue weighted by molar-refractivity contribution is -0.146. The Hall–Kier alpha value is -5.09. The Kier molecular flexibility index (Phi) is 8.66. The topological polar surface area (TPSA) is 108 Å². The van der Waals surface area contributed by atoms with E-state index in [4.69, 9.17) is 14.2 Å². The minimum Gasteiger partial charge on any atom is -0.449 e. The standard InChI is InChI=1S/C38H40N4O6/c1-4-26-29(32-34(43)40(2)37(44)41(3)35(32)48-36(26)46-22-24-13-7-5-8-14-24)21-31-33-28(27-17-11-12-18-30(27)39-33)19-20-42(31)38(45)47-23-25-15-9-6-10-16-25/h5-18,26,29,31,36,39H,4,19-23H2,1-3H3/t26-,29-,31+,36+/m1/s1. The number of para-hydroxylation sites is 1. The van der Waals surface area contributed by atoms with Crippen molar-refractivity contribution in [2.24, 2.45) is 20.0 Å². The van der Waals surface area contributed by atoms with Crippen LogP contribution in [0, 0.1) is 5.92 Å². The van der Waals surface area contributed by atoms with Gasteiger partial charge in [-0.3, -0.25) is 18.8 Å². The van der Waals surface area contributed by atoms with Gasteiger partial charge >= 0.3 is 11.8 Å². The number of fused-ring (bicyclic) bond motifs is 4. The molecule has 10 nitrogen and oxygen atoms in total. The van der Waals surface area contributed by atoms with E-state index >= 15 is 0 Å². The molecule has 0 aliphatic carbocycles. The first-order valence-electron chi connectivity index (χ1n) is 16.5. The van der Waals surface area contributed by atoms with Gasteiger partial charge in [0.1, 0.15) is 6.61 Å². The molecule has 0 radical (unpaired) electrons. The van der Waals surface area contributed by atoms with Gasteiger partial charge in [0.2, 0.25) is 12.2 Å².